The molecule has 0 spiro atoms. The van der Waals surface area contributed by atoms with E-state index in [4.69, 9.17) is 4.74 Å². The van der Waals surface area contributed by atoms with E-state index in [1.165, 1.54) is 11.3 Å². The Kier molecular flexibility index (Phi) is 7.09. The number of rotatable bonds is 6. The van der Waals surface area contributed by atoms with E-state index in [1.807, 2.05) is 29.0 Å². The van der Waals surface area contributed by atoms with E-state index in [-0.39, 0.29) is 11.9 Å². The minimum Gasteiger partial charge on any atom is -0.462 e. The lowest BCUT2D eigenvalue weighted by atomic mass is 10.2. The van der Waals surface area contributed by atoms with Crippen LogP contribution in [0.1, 0.15) is 27.6 Å². The largest absolute Gasteiger partial charge is 0.462 e. The molecule has 5 nitrogen and oxygen atoms in total. The molecule has 2 aromatic carbocycles. The number of fused-ring (bicyclic) bond motifs is 1. The van der Waals surface area contributed by atoms with E-state index < -0.39 is 0 Å². The molecule has 28 heavy (non-hydrogen) atoms. The first-order valence-corrected chi connectivity index (χ1v) is 11.7. The molecule has 0 saturated heterocycles. The second-order valence-corrected chi connectivity index (χ2v) is 8.77. The van der Waals surface area contributed by atoms with Crippen LogP contribution in [0, 0.1) is 0 Å². The van der Waals surface area contributed by atoms with Crippen molar-refractivity contribution >= 4 is 61.1 Å². The Morgan fingerprint density at radius 3 is 2.75 bits per heavy atom. The third kappa shape index (κ3) is 4.74. The number of thiazole rings is 1. The van der Waals surface area contributed by atoms with Gasteiger partial charge in [-0.05, 0) is 49.6 Å². The van der Waals surface area contributed by atoms with Gasteiger partial charge in [0.1, 0.15) is 0 Å². The Hall–Kier alpha value is -1.90. The van der Waals surface area contributed by atoms with E-state index >= 15 is 0 Å². The minimum absolute atomic E-state index is 0.295. The van der Waals surface area contributed by atoms with Crippen LogP contribution < -0.4 is 4.80 Å². The number of carbonyl (C=O) groups is 2. The SMILES string of the molecule is CCOC(=O)c1ccc2c(c1)sc(=NC(=O)c1cccc(Br)c1)n2CCSC. The molecule has 0 aliphatic rings. The molecule has 3 aromatic rings. The van der Waals surface area contributed by atoms with Crippen molar-refractivity contribution in [1.82, 2.24) is 4.57 Å². The van der Waals surface area contributed by atoms with Gasteiger partial charge in [0.15, 0.2) is 4.80 Å². The Bertz CT molecular complexity index is 1090. The first-order chi connectivity index (χ1) is 13.5. The summed E-state index contributed by atoms with van der Waals surface area (Å²) in [6.07, 6.45) is 2.04. The molecule has 0 N–H and O–H groups in total. The van der Waals surface area contributed by atoms with Gasteiger partial charge in [0.05, 0.1) is 22.4 Å². The molecule has 0 saturated carbocycles. The van der Waals surface area contributed by atoms with Crippen molar-refractivity contribution in [1.29, 1.82) is 0 Å². The topological polar surface area (TPSA) is 60.7 Å². The lowest BCUT2D eigenvalue weighted by Gasteiger charge is -2.05. The number of amides is 1. The van der Waals surface area contributed by atoms with Gasteiger partial charge >= 0.3 is 5.97 Å². The predicted octanol–water partition coefficient (Wildman–Crippen LogP) is 4.75. The van der Waals surface area contributed by atoms with Crippen molar-refractivity contribution in [3.05, 3.63) is 62.9 Å². The van der Waals surface area contributed by atoms with Crippen molar-refractivity contribution in [2.45, 2.75) is 13.5 Å². The van der Waals surface area contributed by atoms with Crippen LogP contribution in [0.2, 0.25) is 0 Å². The second kappa shape index (κ2) is 9.54. The maximum atomic E-state index is 12.7. The van der Waals surface area contributed by atoms with Crippen LogP contribution in [-0.2, 0) is 11.3 Å². The second-order valence-electron chi connectivity index (χ2n) is 5.86. The van der Waals surface area contributed by atoms with Gasteiger partial charge in [0, 0.05) is 22.3 Å². The fourth-order valence-electron chi connectivity index (χ4n) is 2.67. The maximum Gasteiger partial charge on any atom is 0.338 e. The van der Waals surface area contributed by atoms with E-state index in [0.717, 1.165) is 27.0 Å². The number of carbonyl (C=O) groups excluding carboxylic acids is 2. The van der Waals surface area contributed by atoms with Gasteiger partial charge in [-0.3, -0.25) is 4.79 Å². The number of aromatic nitrogens is 1. The molecule has 1 aromatic heterocycles. The third-order valence-electron chi connectivity index (χ3n) is 3.98. The fraction of sp³-hybridized carbons (Fsp3) is 0.250. The Labute approximate surface area is 179 Å². The number of esters is 1. The highest BCUT2D eigenvalue weighted by molar-refractivity contribution is 9.10. The predicted molar refractivity (Wildman–Crippen MR) is 118 cm³/mol. The van der Waals surface area contributed by atoms with Crippen LogP contribution >= 0.6 is 39.0 Å². The lowest BCUT2D eigenvalue weighted by molar-refractivity contribution is 0.0526. The standard InChI is InChI=1S/C20H19BrN2O3S2/c1-3-26-19(25)14-7-8-16-17(12-14)28-20(23(16)9-10-27-2)22-18(24)13-5-4-6-15(21)11-13/h4-8,11-12H,3,9-10H2,1-2H3. The zero-order valence-corrected chi connectivity index (χ0v) is 18.7. The van der Waals surface area contributed by atoms with Crippen molar-refractivity contribution in [3.8, 4) is 0 Å². The van der Waals surface area contributed by atoms with Gasteiger partial charge < -0.3 is 9.30 Å². The molecular weight excluding hydrogens is 460 g/mol. The summed E-state index contributed by atoms with van der Waals surface area (Å²) in [6.45, 7) is 2.84. The van der Waals surface area contributed by atoms with Gasteiger partial charge in [-0.1, -0.05) is 33.3 Å². The molecule has 146 valence electrons. The summed E-state index contributed by atoms with van der Waals surface area (Å²) in [5.41, 5.74) is 1.97. The molecular formula is C20H19BrN2O3S2. The monoisotopic (exact) mass is 478 g/mol. The molecule has 0 aliphatic carbocycles. The number of hydrogen-bond acceptors (Lipinski definition) is 5. The van der Waals surface area contributed by atoms with Gasteiger partial charge in [-0.15, -0.1) is 0 Å². The summed E-state index contributed by atoms with van der Waals surface area (Å²) in [4.78, 5) is 29.7. The zero-order chi connectivity index (χ0) is 20.1. The summed E-state index contributed by atoms with van der Waals surface area (Å²) in [5.74, 6) is 0.248. The smallest absolute Gasteiger partial charge is 0.338 e. The third-order valence-corrected chi connectivity index (χ3v) is 6.11. The van der Waals surface area contributed by atoms with Gasteiger partial charge in [-0.25, -0.2) is 4.79 Å². The molecule has 0 aliphatic heterocycles. The van der Waals surface area contributed by atoms with Crippen LogP contribution in [0.5, 0.6) is 0 Å². The molecule has 1 heterocycles. The van der Waals surface area contributed by atoms with E-state index in [9.17, 15) is 9.59 Å². The minimum atomic E-state index is -0.350. The molecule has 1 amide bonds. The summed E-state index contributed by atoms with van der Waals surface area (Å²) >= 11 is 6.51. The number of benzene rings is 2. The van der Waals surface area contributed by atoms with E-state index in [2.05, 4.69) is 20.9 Å². The van der Waals surface area contributed by atoms with Gasteiger partial charge in [0.25, 0.3) is 5.91 Å². The fourth-order valence-corrected chi connectivity index (χ4v) is 4.53. The highest BCUT2D eigenvalue weighted by atomic mass is 79.9. The summed E-state index contributed by atoms with van der Waals surface area (Å²) in [7, 11) is 0. The molecule has 0 unspecified atom stereocenters. The van der Waals surface area contributed by atoms with Crippen molar-refractivity contribution in [2.24, 2.45) is 4.99 Å². The Balaban J connectivity index is 2.08. The highest BCUT2D eigenvalue weighted by Gasteiger charge is 2.13. The molecule has 0 bridgehead atoms. The molecule has 0 atom stereocenters. The highest BCUT2D eigenvalue weighted by Crippen LogP contribution is 2.21. The zero-order valence-electron chi connectivity index (χ0n) is 15.5. The van der Waals surface area contributed by atoms with Crippen LogP contribution in [0.3, 0.4) is 0 Å². The van der Waals surface area contributed by atoms with Gasteiger partial charge in [-0.2, -0.15) is 16.8 Å². The van der Waals surface area contributed by atoms with Crippen LogP contribution in [0.4, 0.5) is 0 Å². The van der Waals surface area contributed by atoms with E-state index in [1.54, 1.807) is 43.0 Å². The van der Waals surface area contributed by atoms with Crippen LogP contribution in [0.25, 0.3) is 10.2 Å². The summed E-state index contributed by atoms with van der Waals surface area (Å²) in [5, 5.41) is 0. The van der Waals surface area contributed by atoms with Crippen LogP contribution in [-0.4, -0.2) is 35.1 Å². The number of hydrogen-bond donors (Lipinski definition) is 0. The number of nitrogens with zero attached hydrogens (tertiary/aromatic N) is 2. The number of ether oxygens (including phenoxy) is 1. The quantitative estimate of drug-likeness (QED) is 0.479. The number of thioether (sulfide) groups is 1. The summed E-state index contributed by atoms with van der Waals surface area (Å²) in [6, 6.07) is 12.6. The Morgan fingerprint density at radius 2 is 2.04 bits per heavy atom. The first kappa shape index (κ1) is 20.8. The normalized spacial score (nSPS) is 11.8. The number of aryl methyl sites for hydroxylation is 1. The van der Waals surface area contributed by atoms with E-state index in [0.29, 0.717) is 22.5 Å². The average molecular weight is 479 g/mol. The van der Waals surface area contributed by atoms with Crippen LogP contribution in [0.15, 0.2) is 51.9 Å². The summed E-state index contributed by atoms with van der Waals surface area (Å²) < 4.78 is 8.84. The molecule has 3 rings (SSSR count). The van der Waals surface area contributed by atoms with Crippen molar-refractivity contribution in [2.75, 3.05) is 18.6 Å². The first-order valence-electron chi connectivity index (χ1n) is 8.67. The molecule has 0 radical (unpaired) electrons. The van der Waals surface area contributed by atoms with Crippen molar-refractivity contribution in [3.63, 3.8) is 0 Å². The molecule has 8 heteroatoms. The molecule has 0 fully saturated rings. The Morgan fingerprint density at radius 1 is 1.21 bits per heavy atom. The van der Waals surface area contributed by atoms with Crippen molar-refractivity contribution < 1.29 is 14.3 Å². The maximum absolute atomic E-state index is 12.7. The lowest BCUT2D eigenvalue weighted by Crippen LogP contribution is -2.18. The number of halogens is 1. The van der Waals surface area contributed by atoms with Gasteiger partial charge in [0.2, 0.25) is 0 Å². The average Bonchev–Trinajstić information content (AvgIpc) is 3.02.